The van der Waals surface area contributed by atoms with Crippen LogP contribution in [0.15, 0.2) is 0 Å². The van der Waals surface area contributed by atoms with Gasteiger partial charge in [0, 0.05) is 19.6 Å². The van der Waals surface area contributed by atoms with Gasteiger partial charge in [0.15, 0.2) is 0 Å². The van der Waals surface area contributed by atoms with Gasteiger partial charge in [0.1, 0.15) is 0 Å². The SMILES string of the molecule is CCCNc1nc(OCC)nc(N2CCC(CC)CC2)n1. The van der Waals surface area contributed by atoms with E-state index in [-0.39, 0.29) is 0 Å². The van der Waals surface area contributed by atoms with E-state index in [0.29, 0.717) is 18.6 Å². The number of rotatable bonds is 7. The normalized spacial score (nSPS) is 16.0. The van der Waals surface area contributed by atoms with Crippen molar-refractivity contribution in [1.82, 2.24) is 15.0 Å². The number of hydrogen-bond acceptors (Lipinski definition) is 6. The van der Waals surface area contributed by atoms with E-state index in [4.69, 9.17) is 4.74 Å². The quantitative estimate of drug-likeness (QED) is 0.834. The van der Waals surface area contributed by atoms with Gasteiger partial charge in [-0.25, -0.2) is 0 Å². The molecule has 0 saturated carbocycles. The molecule has 0 spiro atoms. The Morgan fingerprint density at radius 3 is 2.52 bits per heavy atom. The smallest absolute Gasteiger partial charge is 0.323 e. The van der Waals surface area contributed by atoms with Crippen LogP contribution >= 0.6 is 0 Å². The molecule has 118 valence electrons. The minimum absolute atomic E-state index is 0.415. The van der Waals surface area contributed by atoms with Crippen molar-refractivity contribution in [3.63, 3.8) is 0 Å². The molecule has 0 atom stereocenters. The summed E-state index contributed by atoms with van der Waals surface area (Å²) in [5.41, 5.74) is 0. The summed E-state index contributed by atoms with van der Waals surface area (Å²) in [7, 11) is 0. The Bertz CT molecular complexity index is 432. The van der Waals surface area contributed by atoms with Gasteiger partial charge in [-0.05, 0) is 32.1 Å². The maximum atomic E-state index is 5.47. The van der Waals surface area contributed by atoms with E-state index in [2.05, 4.69) is 39.0 Å². The molecule has 2 heterocycles. The average Bonchev–Trinajstić information content (AvgIpc) is 2.53. The van der Waals surface area contributed by atoms with Gasteiger partial charge in [-0.3, -0.25) is 0 Å². The minimum Gasteiger partial charge on any atom is -0.464 e. The Morgan fingerprint density at radius 2 is 1.90 bits per heavy atom. The first-order chi connectivity index (χ1) is 10.3. The van der Waals surface area contributed by atoms with Crippen molar-refractivity contribution in [2.45, 2.75) is 46.5 Å². The zero-order chi connectivity index (χ0) is 15.1. The van der Waals surface area contributed by atoms with Gasteiger partial charge in [0.2, 0.25) is 11.9 Å². The average molecular weight is 293 g/mol. The van der Waals surface area contributed by atoms with Crippen LogP contribution < -0.4 is 15.0 Å². The predicted octanol–water partition coefficient (Wildman–Crippen LogP) is 2.72. The highest BCUT2D eigenvalue weighted by Crippen LogP contribution is 2.24. The monoisotopic (exact) mass is 293 g/mol. The van der Waals surface area contributed by atoms with Gasteiger partial charge in [-0.2, -0.15) is 15.0 Å². The Morgan fingerprint density at radius 1 is 1.14 bits per heavy atom. The van der Waals surface area contributed by atoms with E-state index in [0.717, 1.165) is 37.9 Å². The number of hydrogen-bond donors (Lipinski definition) is 1. The molecule has 1 aliphatic rings. The molecule has 2 rings (SSSR count). The molecule has 0 aliphatic carbocycles. The fourth-order valence-corrected chi connectivity index (χ4v) is 2.54. The van der Waals surface area contributed by atoms with Gasteiger partial charge in [-0.1, -0.05) is 20.3 Å². The zero-order valence-electron chi connectivity index (χ0n) is 13.4. The lowest BCUT2D eigenvalue weighted by Gasteiger charge is -2.31. The predicted molar refractivity (Wildman–Crippen MR) is 85.0 cm³/mol. The van der Waals surface area contributed by atoms with E-state index >= 15 is 0 Å². The van der Waals surface area contributed by atoms with E-state index in [1.54, 1.807) is 0 Å². The fourth-order valence-electron chi connectivity index (χ4n) is 2.54. The first kappa shape index (κ1) is 15.8. The lowest BCUT2D eigenvalue weighted by atomic mass is 9.95. The van der Waals surface area contributed by atoms with Crippen molar-refractivity contribution in [2.24, 2.45) is 5.92 Å². The van der Waals surface area contributed by atoms with Gasteiger partial charge in [-0.15, -0.1) is 0 Å². The number of piperidine rings is 1. The molecular formula is C15H27N5O. The highest BCUT2D eigenvalue weighted by atomic mass is 16.5. The van der Waals surface area contributed by atoms with Crippen molar-refractivity contribution in [3.8, 4) is 6.01 Å². The van der Waals surface area contributed by atoms with Gasteiger partial charge >= 0.3 is 6.01 Å². The first-order valence-corrected chi connectivity index (χ1v) is 8.14. The van der Waals surface area contributed by atoms with Crippen molar-refractivity contribution in [1.29, 1.82) is 0 Å². The van der Waals surface area contributed by atoms with Crippen LogP contribution in [-0.4, -0.2) is 41.2 Å². The van der Waals surface area contributed by atoms with E-state index in [9.17, 15) is 0 Å². The Kier molecular flexibility index (Phi) is 6.02. The molecule has 1 fully saturated rings. The number of nitrogens with one attached hydrogen (secondary N) is 1. The number of aromatic nitrogens is 3. The molecule has 1 saturated heterocycles. The molecule has 6 heteroatoms. The summed E-state index contributed by atoms with van der Waals surface area (Å²) in [4.78, 5) is 15.5. The second-order valence-electron chi connectivity index (χ2n) is 5.44. The molecular weight excluding hydrogens is 266 g/mol. The fraction of sp³-hybridized carbons (Fsp3) is 0.800. The largest absolute Gasteiger partial charge is 0.464 e. The lowest BCUT2D eigenvalue weighted by molar-refractivity contribution is 0.311. The van der Waals surface area contributed by atoms with Crippen molar-refractivity contribution < 1.29 is 4.74 Å². The highest BCUT2D eigenvalue weighted by molar-refractivity contribution is 5.38. The summed E-state index contributed by atoms with van der Waals surface area (Å²) in [6, 6.07) is 0.415. The van der Waals surface area contributed by atoms with Crippen LogP contribution in [0.4, 0.5) is 11.9 Å². The summed E-state index contributed by atoms with van der Waals surface area (Å²) < 4.78 is 5.47. The third-order valence-corrected chi connectivity index (χ3v) is 3.88. The molecule has 1 aliphatic heterocycles. The molecule has 0 radical (unpaired) electrons. The maximum Gasteiger partial charge on any atom is 0.323 e. The number of nitrogens with zero attached hydrogens (tertiary/aromatic N) is 4. The van der Waals surface area contributed by atoms with Gasteiger partial charge in [0.05, 0.1) is 6.61 Å². The van der Waals surface area contributed by atoms with Crippen LogP contribution in [0.2, 0.25) is 0 Å². The maximum absolute atomic E-state index is 5.47. The summed E-state index contributed by atoms with van der Waals surface area (Å²) >= 11 is 0. The van der Waals surface area contributed by atoms with E-state index < -0.39 is 0 Å². The van der Waals surface area contributed by atoms with E-state index in [1.165, 1.54) is 19.3 Å². The van der Waals surface area contributed by atoms with E-state index in [1.807, 2.05) is 6.92 Å². The molecule has 0 aromatic carbocycles. The summed E-state index contributed by atoms with van der Waals surface area (Å²) in [5.74, 6) is 2.19. The topological polar surface area (TPSA) is 63.2 Å². The van der Waals surface area contributed by atoms with Crippen LogP contribution in [0.25, 0.3) is 0 Å². The molecule has 0 amide bonds. The molecule has 0 bridgehead atoms. The van der Waals surface area contributed by atoms with Gasteiger partial charge in [0.25, 0.3) is 0 Å². The van der Waals surface area contributed by atoms with Crippen LogP contribution in [0.1, 0.15) is 46.5 Å². The molecule has 1 aromatic rings. The highest BCUT2D eigenvalue weighted by Gasteiger charge is 2.21. The summed E-state index contributed by atoms with van der Waals surface area (Å²) in [5, 5.41) is 3.22. The molecule has 6 nitrogen and oxygen atoms in total. The Labute approximate surface area is 127 Å². The Balaban J connectivity index is 2.11. The minimum atomic E-state index is 0.415. The molecule has 21 heavy (non-hydrogen) atoms. The number of anilines is 2. The van der Waals surface area contributed by atoms with Crippen LogP contribution in [0, 0.1) is 5.92 Å². The van der Waals surface area contributed by atoms with Crippen molar-refractivity contribution in [2.75, 3.05) is 36.5 Å². The second kappa shape index (κ2) is 8.00. The third-order valence-electron chi connectivity index (χ3n) is 3.88. The van der Waals surface area contributed by atoms with Crippen LogP contribution in [0.5, 0.6) is 6.01 Å². The van der Waals surface area contributed by atoms with Crippen LogP contribution in [-0.2, 0) is 0 Å². The van der Waals surface area contributed by atoms with Gasteiger partial charge < -0.3 is 15.0 Å². The van der Waals surface area contributed by atoms with Crippen molar-refractivity contribution in [3.05, 3.63) is 0 Å². The van der Waals surface area contributed by atoms with Crippen LogP contribution in [0.3, 0.4) is 0 Å². The second-order valence-corrected chi connectivity index (χ2v) is 5.44. The van der Waals surface area contributed by atoms with Crippen molar-refractivity contribution >= 4 is 11.9 Å². The Hall–Kier alpha value is -1.59. The zero-order valence-corrected chi connectivity index (χ0v) is 13.4. The molecule has 0 unspecified atom stereocenters. The number of ether oxygens (including phenoxy) is 1. The lowest BCUT2D eigenvalue weighted by Crippen LogP contribution is -2.35. The standard InChI is InChI=1S/C15H27N5O/c1-4-9-16-13-17-14(19-15(18-13)21-6-3)20-10-7-12(5-2)8-11-20/h12H,4-11H2,1-3H3,(H,16,17,18,19). The molecule has 1 N–H and O–H groups in total. The first-order valence-electron chi connectivity index (χ1n) is 8.14. The third kappa shape index (κ3) is 4.44. The summed E-state index contributed by atoms with van der Waals surface area (Å²) in [6.07, 6.45) is 4.72. The molecule has 1 aromatic heterocycles. The summed E-state index contributed by atoms with van der Waals surface area (Å²) in [6.45, 7) is 9.77.